The van der Waals surface area contributed by atoms with E-state index in [2.05, 4.69) is 0 Å². The fourth-order valence-corrected chi connectivity index (χ4v) is 1.88. The van der Waals surface area contributed by atoms with Crippen LogP contribution in [0.3, 0.4) is 0 Å². The first-order chi connectivity index (χ1) is 7.04. The molecule has 1 atom stereocenters. The summed E-state index contributed by atoms with van der Waals surface area (Å²) in [5, 5.41) is 18.3. The van der Waals surface area contributed by atoms with Crippen molar-refractivity contribution in [2.75, 3.05) is 6.26 Å². The van der Waals surface area contributed by atoms with Crippen molar-refractivity contribution in [2.45, 2.75) is 24.2 Å². The van der Waals surface area contributed by atoms with E-state index >= 15 is 0 Å². The van der Waals surface area contributed by atoms with E-state index in [1.54, 1.807) is 24.8 Å². The van der Waals surface area contributed by atoms with Gasteiger partial charge >= 0.3 is 5.97 Å². The number of aliphatic carboxylic acids is 1. The zero-order chi connectivity index (χ0) is 11.4. The van der Waals surface area contributed by atoms with Gasteiger partial charge in [0.2, 0.25) is 0 Å². The van der Waals surface area contributed by atoms with Crippen LogP contribution in [0.4, 0.5) is 0 Å². The third kappa shape index (κ3) is 3.16. The molecule has 0 spiro atoms. The van der Waals surface area contributed by atoms with Crippen LogP contribution in [0.5, 0.6) is 5.75 Å². The fraction of sp³-hybridized carbons (Fsp3) is 0.364. The number of hydrogen-bond donors (Lipinski definition) is 2. The minimum Gasteiger partial charge on any atom is -0.508 e. The maximum Gasteiger partial charge on any atom is 0.303 e. The van der Waals surface area contributed by atoms with Gasteiger partial charge in [-0.2, -0.15) is 0 Å². The molecule has 0 aliphatic rings. The molecule has 3 nitrogen and oxygen atoms in total. The lowest BCUT2D eigenvalue weighted by atomic mass is 9.97. The number of hydrogen-bond acceptors (Lipinski definition) is 3. The Bertz CT molecular complexity index is 363. The van der Waals surface area contributed by atoms with E-state index in [1.165, 1.54) is 0 Å². The van der Waals surface area contributed by atoms with Gasteiger partial charge in [0.05, 0.1) is 6.42 Å². The number of rotatable bonds is 4. The quantitative estimate of drug-likeness (QED) is 0.775. The predicted molar refractivity (Wildman–Crippen MR) is 60.6 cm³/mol. The van der Waals surface area contributed by atoms with E-state index < -0.39 is 5.97 Å². The fourth-order valence-electron chi connectivity index (χ4n) is 1.43. The summed E-state index contributed by atoms with van der Waals surface area (Å²) >= 11 is 1.57. The largest absolute Gasteiger partial charge is 0.508 e. The van der Waals surface area contributed by atoms with Crippen LogP contribution in [0.2, 0.25) is 0 Å². The highest BCUT2D eigenvalue weighted by Crippen LogP contribution is 2.31. The molecular formula is C11H14O3S. The van der Waals surface area contributed by atoms with Crippen LogP contribution in [-0.4, -0.2) is 22.4 Å². The van der Waals surface area contributed by atoms with Crippen LogP contribution in [0.1, 0.15) is 24.8 Å². The number of carboxylic acid groups (broad SMARTS) is 1. The Morgan fingerprint density at radius 2 is 2.20 bits per heavy atom. The molecule has 0 aromatic heterocycles. The second-order valence-corrected chi connectivity index (χ2v) is 4.30. The van der Waals surface area contributed by atoms with E-state index in [0.717, 1.165) is 4.90 Å². The Labute approximate surface area is 93.1 Å². The first-order valence-electron chi connectivity index (χ1n) is 4.63. The number of phenols is 1. The van der Waals surface area contributed by atoms with E-state index in [0.29, 0.717) is 5.56 Å². The average molecular weight is 226 g/mol. The van der Waals surface area contributed by atoms with Crippen molar-refractivity contribution in [2.24, 2.45) is 0 Å². The second kappa shape index (κ2) is 5.07. The molecule has 82 valence electrons. The summed E-state index contributed by atoms with van der Waals surface area (Å²) in [6.45, 7) is 1.80. The lowest BCUT2D eigenvalue weighted by molar-refractivity contribution is -0.137. The van der Waals surface area contributed by atoms with Crippen LogP contribution in [0, 0.1) is 0 Å². The molecule has 4 heteroatoms. The molecular weight excluding hydrogens is 212 g/mol. The zero-order valence-electron chi connectivity index (χ0n) is 8.73. The Kier molecular flexibility index (Phi) is 4.03. The molecule has 1 aromatic rings. The third-order valence-corrected chi connectivity index (χ3v) is 2.97. The van der Waals surface area contributed by atoms with Crippen LogP contribution < -0.4 is 0 Å². The molecule has 0 saturated carbocycles. The SMILES string of the molecule is CSc1ccc(O)c(C(C)CC(=O)O)c1. The maximum atomic E-state index is 10.6. The summed E-state index contributed by atoms with van der Waals surface area (Å²) in [5.74, 6) is -0.854. The standard InChI is InChI=1S/C11H14O3S/c1-7(5-11(13)14)9-6-8(15-2)3-4-10(9)12/h3-4,6-7,12H,5H2,1-2H3,(H,13,14). The van der Waals surface area contributed by atoms with Gasteiger partial charge in [-0.1, -0.05) is 6.92 Å². The molecule has 0 bridgehead atoms. The van der Waals surface area contributed by atoms with Crippen molar-refractivity contribution in [1.82, 2.24) is 0 Å². The minimum atomic E-state index is -0.851. The van der Waals surface area contributed by atoms with E-state index in [4.69, 9.17) is 5.11 Å². The Balaban J connectivity index is 2.95. The second-order valence-electron chi connectivity index (χ2n) is 3.42. The highest BCUT2D eigenvalue weighted by molar-refractivity contribution is 7.98. The van der Waals surface area contributed by atoms with Crippen molar-refractivity contribution >= 4 is 17.7 Å². The predicted octanol–water partition coefficient (Wildman–Crippen LogP) is 2.69. The molecule has 0 aliphatic carbocycles. The molecule has 2 N–H and O–H groups in total. The smallest absolute Gasteiger partial charge is 0.303 e. The summed E-state index contributed by atoms with van der Waals surface area (Å²) in [5.41, 5.74) is 0.698. The molecule has 0 radical (unpaired) electrons. The average Bonchev–Trinajstić information content (AvgIpc) is 2.17. The van der Waals surface area contributed by atoms with Gasteiger partial charge in [-0.25, -0.2) is 0 Å². The summed E-state index contributed by atoms with van der Waals surface area (Å²) in [6.07, 6.45) is 1.98. The number of aromatic hydroxyl groups is 1. The van der Waals surface area contributed by atoms with Gasteiger partial charge in [0, 0.05) is 4.90 Å². The van der Waals surface area contributed by atoms with Crippen molar-refractivity contribution in [3.05, 3.63) is 23.8 Å². The molecule has 1 aromatic carbocycles. The van der Waals surface area contributed by atoms with Crippen molar-refractivity contribution in [3.63, 3.8) is 0 Å². The van der Waals surface area contributed by atoms with Crippen LogP contribution in [0.15, 0.2) is 23.1 Å². The molecule has 0 amide bonds. The van der Waals surface area contributed by atoms with Gasteiger partial charge in [0.25, 0.3) is 0 Å². The van der Waals surface area contributed by atoms with Gasteiger partial charge in [-0.3, -0.25) is 4.79 Å². The Morgan fingerprint density at radius 3 is 2.73 bits per heavy atom. The first-order valence-corrected chi connectivity index (χ1v) is 5.85. The molecule has 0 saturated heterocycles. The van der Waals surface area contributed by atoms with E-state index in [1.807, 2.05) is 18.4 Å². The van der Waals surface area contributed by atoms with Crippen molar-refractivity contribution < 1.29 is 15.0 Å². The summed E-state index contributed by atoms with van der Waals surface area (Å²) in [7, 11) is 0. The van der Waals surface area contributed by atoms with E-state index in [9.17, 15) is 9.90 Å². The van der Waals surface area contributed by atoms with Crippen LogP contribution >= 0.6 is 11.8 Å². The first kappa shape index (κ1) is 11.9. The van der Waals surface area contributed by atoms with Gasteiger partial charge in [0.1, 0.15) is 5.75 Å². The number of phenolic OH excluding ortho intramolecular Hbond substituents is 1. The van der Waals surface area contributed by atoms with Gasteiger partial charge in [-0.05, 0) is 35.9 Å². The van der Waals surface area contributed by atoms with Crippen molar-refractivity contribution in [3.8, 4) is 5.75 Å². The highest BCUT2D eigenvalue weighted by atomic mass is 32.2. The van der Waals surface area contributed by atoms with Gasteiger partial charge in [0.15, 0.2) is 0 Å². The lowest BCUT2D eigenvalue weighted by Gasteiger charge is -2.12. The third-order valence-electron chi connectivity index (χ3n) is 2.25. The Morgan fingerprint density at radius 1 is 1.53 bits per heavy atom. The number of thioether (sulfide) groups is 1. The van der Waals surface area contributed by atoms with Gasteiger partial charge in [-0.15, -0.1) is 11.8 Å². The molecule has 1 unspecified atom stereocenters. The number of benzene rings is 1. The van der Waals surface area contributed by atoms with Crippen LogP contribution in [0.25, 0.3) is 0 Å². The zero-order valence-corrected chi connectivity index (χ0v) is 9.54. The monoisotopic (exact) mass is 226 g/mol. The minimum absolute atomic E-state index is 0.0331. The van der Waals surface area contributed by atoms with Gasteiger partial charge < -0.3 is 10.2 Å². The Hall–Kier alpha value is -1.16. The summed E-state index contributed by atoms with van der Waals surface area (Å²) in [4.78, 5) is 11.6. The molecule has 15 heavy (non-hydrogen) atoms. The number of carbonyl (C=O) groups is 1. The summed E-state index contributed by atoms with van der Waals surface area (Å²) < 4.78 is 0. The number of carboxylic acids is 1. The maximum absolute atomic E-state index is 10.6. The summed E-state index contributed by atoms with van der Waals surface area (Å²) in [6, 6.07) is 5.27. The molecule has 0 aliphatic heterocycles. The van der Waals surface area contributed by atoms with Crippen molar-refractivity contribution in [1.29, 1.82) is 0 Å². The molecule has 1 rings (SSSR count). The topological polar surface area (TPSA) is 57.5 Å². The molecule has 0 fully saturated rings. The normalized spacial score (nSPS) is 12.4. The highest BCUT2D eigenvalue weighted by Gasteiger charge is 2.14. The lowest BCUT2D eigenvalue weighted by Crippen LogP contribution is -2.03. The molecule has 0 heterocycles. The van der Waals surface area contributed by atoms with E-state index in [-0.39, 0.29) is 18.1 Å². The van der Waals surface area contributed by atoms with Crippen LogP contribution in [-0.2, 0) is 4.79 Å².